The van der Waals surface area contributed by atoms with E-state index in [9.17, 15) is 4.79 Å². The molecule has 1 saturated heterocycles. The molecule has 1 fully saturated rings. The van der Waals surface area contributed by atoms with E-state index in [1.165, 1.54) is 16.2 Å². The van der Waals surface area contributed by atoms with E-state index >= 15 is 0 Å². The summed E-state index contributed by atoms with van der Waals surface area (Å²) in [7, 11) is 0. The summed E-state index contributed by atoms with van der Waals surface area (Å²) in [5.74, 6) is 0. The van der Waals surface area contributed by atoms with Crippen molar-refractivity contribution in [2.75, 3.05) is 6.54 Å². The zero-order valence-corrected chi connectivity index (χ0v) is 15.2. The minimum atomic E-state index is -0.0210. The Morgan fingerprint density at radius 1 is 1.20 bits per heavy atom. The predicted molar refractivity (Wildman–Crippen MR) is 101 cm³/mol. The monoisotopic (exact) mass is 370 g/mol. The summed E-state index contributed by atoms with van der Waals surface area (Å²) in [6, 6.07) is 14.3. The first-order valence-electron chi connectivity index (χ1n) is 8.27. The van der Waals surface area contributed by atoms with Crippen molar-refractivity contribution in [3.8, 4) is 10.6 Å². The van der Waals surface area contributed by atoms with Gasteiger partial charge in [0.1, 0.15) is 10.0 Å². The fourth-order valence-corrected chi connectivity index (χ4v) is 4.72. The van der Waals surface area contributed by atoms with Gasteiger partial charge in [-0.15, -0.1) is 21.5 Å². The lowest BCUT2D eigenvalue weighted by molar-refractivity contribution is 0.193. The fourth-order valence-electron chi connectivity index (χ4n) is 3.06. The highest BCUT2D eigenvalue weighted by Crippen LogP contribution is 2.34. The second-order valence-electron chi connectivity index (χ2n) is 5.89. The van der Waals surface area contributed by atoms with Crippen molar-refractivity contribution in [1.29, 1.82) is 0 Å². The van der Waals surface area contributed by atoms with E-state index < -0.39 is 0 Å². The van der Waals surface area contributed by atoms with E-state index in [2.05, 4.69) is 27.0 Å². The third-order valence-corrected chi connectivity index (χ3v) is 6.21. The maximum atomic E-state index is 12.6. The molecule has 1 aromatic carbocycles. The number of aromatic nitrogens is 2. The standard InChI is InChI=1S/C18H18N4OS2/c23-18(22-10-4-8-14(22)15-9-5-11-24-15)19-12-16-20-21-17(25-16)13-6-2-1-3-7-13/h1-3,5-7,9,11,14H,4,8,10,12H2,(H,19,23). The first kappa shape index (κ1) is 16.2. The van der Waals surface area contributed by atoms with Gasteiger partial charge in [-0.1, -0.05) is 47.7 Å². The maximum absolute atomic E-state index is 12.6. The molecule has 25 heavy (non-hydrogen) atoms. The number of carbonyl (C=O) groups is 1. The molecule has 1 N–H and O–H groups in total. The lowest BCUT2D eigenvalue weighted by Gasteiger charge is -2.23. The van der Waals surface area contributed by atoms with Crippen LogP contribution in [0, 0.1) is 0 Å². The van der Waals surface area contributed by atoms with Gasteiger partial charge in [0.2, 0.25) is 0 Å². The quantitative estimate of drug-likeness (QED) is 0.744. The maximum Gasteiger partial charge on any atom is 0.318 e. The molecule has 0 bridgehead atoms. The SMILES string of the molecule is O=C(NCc1nnc(-c2ccccc2)s1)N1CCCC1c1cccs1. The summed E-state index contributed by atoms with van der Waals surface area (Å²) in [6.45, 7) is 1.22. The number of rotatable bonds is 4. The van der Waals surface area contributed by atoms with Crippen LogP contribution in [0.4, 0.5) is 4.79 Å². The molecule has 1 aliphatic heterocycles. The molecule has 128 valence electrons. The van der Waals surface area contributed by atoms with Crippen LogP contribution in [-0.2, 0) is 6.54 Å². The van der Waals surface area contributed by atoms with Crippen LogP contribution in [0.25, 0.3) is 10.6 Å². The Labute approximate surface area is 154 Å². The molecule has 1 atom stereocenters. The van der Waals surface area contributed by atoms with Crippen molar-refractivity contribution in [1.82, 2.24) is 20.4 Å². The first-order chi connectivity index (χ1) is 12.3. The summed E-state index contributed by atoms with van der Waals surface area (Å²) in [6.07, 6.45) is 2.08. The number of hydrogen-bond donors (Lipinski definition) is 1. The Hall–Kier alpha value is -2.25. The molecule has 0 saturated carbocycles. The normalized spacial score (nSPS) is 17.0. The highest BCUT2D eigenvalue weighted by atomic mass is 32.1. The fraction of sp³-hybridized carbons (Fsp3) is 0.278. The molecule has 3 heterocycles. The molecule has 5 nitrogen and oxygen atoms in total. The van der Waals surface area contributed by atoms with Crippen LogP contribution in [-0.4, -0.2) is 27.7 Å². The van der Waals surface area contributed by atoms with Crippen LogP contribution in [0.2, 0.25) is 0 Å². The van der Waals surface area contributed by atoms with Crippen molar-refractivity contribution in [3.63, 3.8) is 0 Å². The zero-order chi connectivity index (χ0) is 17.1. The van der Waals surface area contributed by atoms with Gasteiger partial charge < -0.3 is 10.2 Å². The van der Waals surface area contributed by atoms with Gasteiger partial charge in [0.15, 0.2) is 0 Å². The second kappa shape index (κ2) is 7.33. The lowest BCUT2D eigenvalue weighted by Crippen LogP contribution is -2.38. The highest BCUT2D eigenvalue weighted by Gasteiger charge is 2.30. The van der Waals surface area contributed by atoms with E-state index in [4.69, 9.17) is 0 Å². The molecule has 2 amide bonds. The third-order valence-electron chi connectivity index (χ3n) is 4.26. The van der Waals surface area contributed by atoms with Gasteiger partial charge in [0.05, 0.1) is 12.6 Å². The van der Waals surface area contributed by atoms with Crippen LogP contribution in [0.15, 0.2) is 47.8 Å². The highest BCUT2D eigenvalue weighted by molar-refractivity contribution is 7.14. The van der Waals surface area contributed by atoms with Crippen molar-refractivity contribution in [2.45, 2.75) is 25.4 Å². The van der Waals surface area contributed by atoms with Gasteiger partial charge in [0.25, 0.3) is 0 Å². The van der Waals surface area contributed by atoms with Crippen LogP contribution in [0.1, 0.15) is 28.8 Å². The Kier molecular flexibility index (Phi) is 4.76. The summed E-state index contributed by atoms with van der Waals surface area (Å²) in [5, 5.41) is 15.2. The first-order valence-corrected chi connectivity index (χ1v) is 9.96. The lowest BCUT2D eigenvalue weighted by atomic mass is 10.2. The predicted octanol–water partition coefficient (Wildman–Crippen LogP) is 4.31. The molecular formula is C18H18N4OS2. The van der Waals surface area contributed by atoms with Gasteiger partial charge in [0, 0.05) is 17.0 Å². The van der Waals surface area contributed by atoms with Crippen molar-refractivity contribution >= 4 is 28.7 Å². The van der Waals surface area contributed by atoms with E-state index in [1.807, 2.05) is 41.3 Å². The summed E-state index contributed by atoms with van der Waals surface area (Å²) >= 11 is 3.23. The van der Waals surface area contributed by atoms with Gasteiger partial charge in [-0.25, -0.2) is 4.79 Å². The number of amides is 2. The van der Waals surface area contributed by atoms with Crippen molar-refractivity contribution in [2.24, 2.45) is 0 Å². The minimum absolute atomic E-state index is 0.0210. The van der Waals surface area contributed by atoms with Gasteiger partial charge in [-0.2, -0.15) is 0 Å². The summed E-state index contributed by atoms with van der Waals surface area (Å²) < 4.78 is 0. The molecule has 0 radical (unpaired) electrons. The average molecular weight is 371 g/mol. The number of likely N-dealkylation sites (tertiary alicyclic amines) is 1. The van der Waals surface area contributed by atoms with E-state index in [1.54, 1.807) is 11.3 Å². The molecule has 7 heteroatoms. The largest absolute Gasteiger partial charge is 0.331 e. The van der Waals surface area contributed by atoms with E-state index in [0.29, 0.717) is 6.54 Å². The number of nitrogens with zero attached hydrogens (tertiary/aromatic N) is 3. The van der Waals surface area contributed by atoms with Crippen molar-refractivity contribution in [3.05, 3.63) is 57.7 Å². The molecule has 3 aromatic rings. The molecule has 0 aliphatic carbocycles. The number of benzene rings is 1. The van der Waals surface area contributed by atoms with Crippen LogP contribution < -0.4 is 5.32 Å². The molecule has 1 aliphatic rings. The number of urea groups is 1. The number of carbonyl (C=O) groups excluding carboxylic acids is 1. The topological polar surface area (TPSA) is 58.1 Å². The molecular weight excluding hydrogens is 352 g/mol. The Morgan fingerprint density at radius 2 is 2.08 bits per heavy atom. The Bertz CT molecular complexity index is 832. The second-order valence-corrected chi connectivity index (χ2v) is 7.93. The van der Waals surface area contributed by atoms with Gasteiger partial charge in [-0.05, 0) is 24.3 Å². The molecule has 2 aromatic heterocycles. The van der Waals surface area contributed by atoms with Crippen molar-refractivity contribution < 1.29 is 4.79 Å². The van der Waals surface area contributed by atoms with E-state index in [0.717, 1.165) is 35.0 Å². The average Bonchev–Trinajstić information content (AvgIpc) is 3.41. The molecule has 1 unspecified atom stereocenters. The minimum Gasteiger partial charge on any atom is -0.331 e. The van der Waals surface area contributed by atoms with Gasteiger partial charge >= 0.3 is 6.03 Å². The third kappa shape index (κ3) is 3.57. The molecule has 0 spiro atoms. The van der Waals surface area contributed by atoms with Crippen LogP contribution in [0.3, 0.4) is 0 Å². The smallest absolute Gasteiger partial charge is 0.318 e. The molecule has 4 rings (SSSR count). The zero-order valence-electron chi connectivity index (χ0n) is 13.6. The number of thiophene rings is 1. The number of nitrogens with one attached hydrogen (secondary N) is 1. The Balaban J connectivity index is 1.38. The van der Waals surface area contributed by atoms with Gasteiger partial charge in [-0.3, -0.25) is 0 Å². The number of hydrogen-bond acceptors (Lipinski definition) is 5. The Morgan fingerprint density at radius 3 is 2.88 bits per heavy atom. The van der Waals surface area contributed by atoms with E-state index in [-0.39, 0.29) is 12.1 Å². The summed E-state index contributed by atoms with van der Waals surface area (Å²) in [5.41, 5.74) is 1.05. The van der Waals surface area contributed by atoms with Crippen LogP contribution >= 0.6 is 22.7 Å². The van der Waals surface area contributed by atoms with Crippen LogP contribution in [0.5, 0.6) is 0 Å². The summed E-state index contributed by atoms with van der Waals surface area (Å²) in [4.78, 5) is 15.8.